The lowest BCUT2D eigenvalue weighted by atomic mass is 10.1. The van der Waals surface area contributed by atoms with Gasteiger partial charge in [0.1, 0.15) is 33.8 Å². The molecule has 1 unspecified atom stereocenters. The Kier molecular flexibility index (Phi) is 9.62. The van der Waals surface area contributed by atoms with E-state index in [9.17, 15) is 4.21 Å². The minimum absolute atomic E-state index is 0.400. The van der Waals surface area contributed by atoms with Gasteiger partial charge >= 0.3 is 0 Å². The average molecular weight is 669 g/mol. The van der Waals surface area contributed by atoms with E-state index >= 15 is 0 Å². The third-order valence-electron chi connectivity index (χ3n) is 7.64. The fraction of sp³-hybridized carbons (Fsp3) is 0.400. The molecule has 2 aromatic carbocycles. The van der Waals surface area contributed by atoms with Crippen LogP contribution in [0.15, 0.2) is 47.3 Å². The first kappa shape index (κ1) is 30.9. The summed E-state index contributed by atoms with van der Waals surface area (Å²) in [5.41, 5.74) is 5.88. The van der Waals surface area contributed by atoms with Crippen molar-refractivity contribution in [2.24, 2.45) is 0 Å². The van der Waals surface area contributed by atoms with Gasteiger partial charge in [-0.3, -0.25) is 19.2 Å². The Hall–Kier alpha value is -3.55. The summed E-state index contributed by atoms with van der Waals surface area (Å²) in [7, 11) is 2.15. The van der Waals surface area contributed by atoms with Crippen molar-refractivity contribution in [3.05, 3.63) is 52.9 Å². The van der Waals surface area contributed by atoms with Gasteiger partial charge in [-0.1, -0.05) is 6.92 Å². The zero-order chi connectivity index (χ0) is 30.7. The summed E-state index contributed by atoms with van der Waals surface area (Å²) < 4.78 is 20.7. The molecule has 4 aromatic rings. The number of ether oxygens (including phenoxy) is 1. The van der Waals surface area contributed by atoms with Crippen LogP contribution < -0.4 is 24.6 Å². The Morgan fingerprint density at radius 3 is 2.63 bits per heavy atom. The van der Waals surface area contributed by atoms with E-state index in [4.69, 9.17) is 9.72 Å². The Morgan fingerprint density at radius 2 is 1.91 bits per heavy atom. The number of aryl methyl sites for hydroxylation is 1. The molecule has 0 bridgehead atoms. The van der Waals surface area contributed by atoms with Gasteiger partial charge in [-0.15, -0.1) is 0 Å². The van der Waals surface area contributed by atoms with E-state index < -0.39 is 11.0 Å². The standard InChI is InChI=1S/C30H38BrN9O2S/c1-7-20-15-24(26(42-5)16-25(20)40-14-8-13-39(18-40)19(2)3)36-30-34-17-21(31)29(37-30)35-23-10-9-22-27(33-12-11-32-22)28(23)38(4)43(6)41/h9-12,15-17,19H,7-8,13-14,18H2,1-6H3,(H2,34,35,36,37). The van der Waals surface area contributed by atoms with E-state index in [0.29, 0.717) is 44.7 Å². The number of aromatic nitrogens is 4. The third-order valence-corrected chi connectivity index (χ3v) is 9.17. The van der Waals surface area contributed by atoms with E-state index in [1.165, 1.54) is 11.3 Å². The highest BCUT2D eigenvalue weighted by atomic mass is 79.9. The lowest BCUT2D eigenvalue weighted by Crippen LogP contribution is -2.48. The quantitative estimate of drug-likeness (QED) is 0.214. The van der Waals surface area contributed by atoms with E-state index in [-0.39, 0.29) is 0 Å². The Bertz CT molecular complexity index is 1640. The molecule has 1 aliphatic rings. The van der Waals surface area contributed by atoms with Crippen LogP contribution >= 0.6 is 15.9 Å². The van der Waals surface area contributed by atoms with E-state index in [1.807, 2.05) is 12.1 Å². The van der Waals surface area contributed by atoms with Gasteiger partial charge in [-0.05, 0) is 66.4 Å². The molecular formula is C30H38BrN9O2S. The monoisotopic (exact) mass is 667 g/mol. The maximum Gasteiger partial charge on any atom is 0.229 e. The maximum absolute atomic E-state index is 12.5. The van der Waals surface area contributed by atoms with Crippen molar-refractivity contribution in [1.82, 2.24) is 24.8 Å². The van der Waals surface area contributed by atoms with Crippen molar-refractivity contribution < 1.29 is 8.95 Å². The van der Waals surface area contributed by atoms with E-state index in [0.717, 1.165) is 44.0 Å². The Labute approximate surface area is 263 Å². The first-order valence-corrected chi connectivity index (χ1v) is 16.6. The van der Waals surface area contributed by atoms with E-state index in [1.54, 1.807) is 43.3 Å². The molecule has 2 aromatic heterocycles. The molecule has 11 nitrogen and oxygen atoms in total. The Balaban J connectivity index is 1.46. The second-order valence-electron chi connectivity index (χ2n) is 10.6. The molecule has 1 saturated heterocycles. The second kappa shape index (κ2) is 13.4. The van der Waals surface area contributed by atoms with E-state index in [2.05, 4.69) is 84.2 Å². The maximum atomic E-state index is 12.5. The molecule has 43 heavy (non-hydrogen) atoms. The number of halogens is 1. The fourth-order valence-electron chi connectivity index (χ4n) is 5.23. The van der Waals surface area contributed by atoms with Crippen LogP contribution in [-0.2, 0) is 17.4 Å². The zero-order valence-electron chi connectivity index (χ0n) is 25.4. The van der Waals surface area contributed by atoms with Gasteiger partial charge in [0, 0.05) is 62.8 Å². The predicted octanol–water partition coefficient (Wildman–Crippen LogP) is 5.85. The summed E-state index contributed by atoms with van der Waals surface area (Å²) in [5.74, 6) is 1.65. The van der Waals surface area contributed by atoms with Gasteiger partial charge in [-0.2, -0.15) is 4.98 Å². The molecule has 1 fully saturated rings. The molecule has 228 valence electrons. The fourth-order valence-corrected chi connectivity index (χ4v) is 5.97. The number of hydrogen-bond acceptors (Lipinski definition) is 10. The van der Waals surface area contributed by atoms with Crippen LogP contribution in [0.2, 0.25) is 0 Å². The normalized spacial score (nSPS) is 14.7. The van der Waals surface area contributed by atoms with Gasteiger partial charge in [0.25, 0.3) is 0 Å². The van der Waals surface area contributed by atoms with Crippen molar-refractivity contribution >= 4 is 72.5 Å². The minimum Gasteiger partial charge on any atom is -0.494 e. The van der Waals surface area contributed by atoms with Crippen molar-refractivity contribution in [2.45, 2.75) is 39.7 Å². The SMILES string of the molecule is CCc1cc(Nc2ncc(Br)c(Nc3ccc4nccnc4c3N(C)S(C)=O)n2)c(OC)cc1N1CCCN(C(C)C)C1. The molecule has 0 aliphatic carbocycles. The van der Waals surface area contributed by atoms with Crippen molar-refractivity contribution in [2.75, 3.05) is 60.0 Å². The largest absolute Gasteiger partial charge is 0.494 e. The van der Waals surface area contributed by atoms with Crippen LogP contribution in [-0.4, -0.2) is 75.3 Å². The number of anilines is 6. The van der Waals surface area contributed by atoms with Crippen molar-refractivity contribution in [3.63, 3.8) is 0 Å². The number of benzene rings is 2. The highest BCUT2D eigenvalue weighted by Gasteiger charge is 2.23. The molecule has 0 spiro atoms. The lowest BCUT2D eigenvalue weighted by Gasteiger charge is -2.40. The molecule has 1 aliphatic heterocycles. The summed E-state index contributed by atoms with van der Waals surface area (Å²) in [4.78, 5) is 23.2. The first-order valence-electron chi connectivity index (χ1n) is 14.3. The van der Waals surface area contributed by atoms with Gasteiger partial charge in [0.05, 0.1) is 35.1 Å². The molecule has 1 atom stereocenters. The minimum atomic E-state index is -1.29. The number of nitrogens with one attached hydrogen (secondary N) is 2. The number of rotatable bonds is 10. The van der Waals surface area contributed by atoms with Crippen LogP contribution in [0.3, 0.4) is 0 Å². The highest BCUT2D eigenvalue weighted by molar-refractivity contribution is 9.10. The van der Waals surface area contributed by atoms with Crippen LogP contribution in [0.5, 0.6) is 5.75 Å². The number of hydrogen-bond donors (Lipinski definition) is 2. The van der Waals surface area contributed by atoms with Crippen molar-refractivity contribution in [1.29, 1.82) is 0 Å². The molecule has 5 rings (SSSR count). The van der Waals surface area contributed by atoms with Gasteiger partial charge in [-0.25, -0.2) is 9.19 Å². The lowest BCUT2D eigenvalue weighted by molar-refractivity contribution is 0.195. The number of nitrogens with zero attached hydrogens (tertiary/aromatic N) is 7. The van der Waals surface area contributed by atoms with Crippen LogP contribution in [0.1, 0.15) is 32.8 Å². The van der Waals surface area contributed by atoms with Gasteiger partial charge in [0.2, 0.25) is 5.95 Å². The van der Waals surface area contributed by atoms with Crippen LogP contribution in [0.25, 0.3) is 11.0 Å². The summed E-state index contributed by atoms with van der Waals surface area (Å²) in [6.07, 6.45) is 8.58. The van der Waals surface area contributed by atoms with Crippen molar-refractivity contribution in [3.8, 4) is 5.75 Å². The van der Waals surface area contributed by atoms with Gasteiger partial charge in [0.15, 0.2) is 0 Å². The smallest absolute Gasteiger partial charge is 0.229 e. The number of fused-ring (bicyclic) bond motifs is 1. The molecule has 13 heteroatoms. The highest BCUT2D eigenvalue weighted by Crippen LogP contribution is 2.38. The summed E-state index contributed by atoms with van der Waals surface area (Å²) in [5, 5.41) is 6.76. The first-order chi connectivity index (χ1) is 20.7. The average Bonchev–Trinajstić information content (AvgIpc) is 3.01. The van der Waals surface area contributed by atoms with Crippen LogP contribution in [0.4, 0.5) is 34.5 Å². The topological polar surface area (TPSA) is 112 Å². The number of methoxy groups -OCH3 is 1. The summed E-state index contributed by atoms with van der Waals surface area (Å²) in [6.45, 7) is 9.69. The van der Waals surface area contributed by atoms with Gasteiger partial charge < -0.3 is 20.3 Å². The second-order valence-corrected chi connectivity index (χ2v) is 12.9. The molecule has 0 radical (unpaired) electrons. The molecule has 3 heterocycles. The Morgan fingerprint density at radius 1 is 1.12 bits per heavy atom. The molecule has 0 amide bonds. The molecule has 2 N–H and O–H groups in total. The summed E-state index contributed by atoms with van der Waals surface area (Å²) >= 11 is 3.58. The molecule has 0 saturated carbocycles. The predicted molar refractivity (Wildman–Crippen MR) is 179 cm³/mol. The summed E-state index contributed by atoms with van der Waals surface area (Å²) in [6, 6.07) is 8.50. The third kappa shape index (κ3) is 6.68. The zero-order valence-corrected chi connectivity index (χ0v) is 27.8. The molecular weight excluding hydrogens is 630 g/mol. The van der Waals surface area contributed by atoms with Crippen LogP contribution in [0, 0.1) is 0 Å².